The lowest BCUT2D eigenvalue weighted by atomic mass is 10.3. The molecule has 0 spiro atoms. The summed E-state index contributed by atoms with van der Waals surface area (Å²) in [6.45, 7) is -0.182. The summed E-state index contributed by atoms with van der Waals surface area (Å²) in [5, 5.41) is 0.463. The van der Waals surface area contributed by atoms with Gasteiger partial charge >= 0.3 is 5.97 Å². The van der Waals surface area contributed by atoms with Crippen molar-refractivity contribution in [3.05, 3.63) is 59.6 Å². The van der Waals surface area contributed by atoms with Crippen LogP contribution >= 0.6 is 11.6 Å². The maximum atomic E-state index is 11.5. The second-order valence-electron chi connectivity index (χ2n) is 3.51. The molecule has 0 atom stereocenters. The molecule has 4 heteroatoms. The topological polar surface area (TPSA) is 35.5 Å². The Morgan fingerprint density at radius 2 is 1.67 bits per heavy atom. The monoisotopic (exact) mass is 262 g/mol. The highest BCUT2D eigenvalue weighted by Gasteiger charge is 2.07. The molecule has 0 saturated carbocycles. The zero-order chi connectivity index (χ0) is 12.8. The van der Waals surface area contributed by atoms with E-state index in [1.807, 2.05) is 6.07 Å². The van der Waals surface area contributed by atoms with E-state index in [-0.39, 0.29) is 6.61 Å². The van der Waals surface area contributed by atoms with Crippen molar-refractivity contribution < 1.29 is 14.3 Å². The van der Waals surface area contributed by atoms with E-state index in [0.717, 1.165) is 0 Å². The van der Waals surface area contributed by atoms with Crippen molar-refractivity contribution in [1.29, 1.82) is 0 Å². The molecule has 92 valence electrons. The number of esters is 1. The Kier molecular flexibility index (Phi) is 4.20. The minimum absolute atomic E-state index is 0.182. The third-order valence-electron chi connectivity index (χ3n) is 2.16. The van der Waals surface area contributed by atoms with Crippen LogP contribution in [0.3, 0.4) is 0 Å². The van der Waals surface area contributed by atoms with Crippen LogP contribution in [0, 0.1) is 0 Å². The Labute approximate surface area is 110 Å². The summed E-state index contributed by atoms with van der Waals surface area (Å²) in [5.41, 5.74) is 0. The fourth-order valence-corrected chi connectivity index (χ4v) is 1.54. The fraction of sp³-hybridized carbons (Fsp3) is 0.0714. The van der Waals surface area contributed by atoms with E-state index < -0.39 is 5.97 Å². The van der Waals surface area contributed by atoms with Gasteiger partial charge in [-0.15, -0.1) is 0 Å². The van der Waals surface area contributed by atoms with Crippen LogP contribution in [0.1, 0.15) is 0 Å². The van der Waals surface area contributed by atoms with Crippen LogP contribution in [0.4, 0.5) is 0 Å². The number of halogens is 1. The lowest BCUT2D eigenvalue weighted by Crippen LogP contribution is -2.17. The molecule has 0 aliphatic heterocycles. The molecule has 0 unspecified atom stereocenters. The number of carbonyl (C=O) groups is 1. The molecule has 0 fully saturated rings. The first kappa shape index (κ1) is 12.5. The molecular formula is C14H11ClO3. The van der Waals surface area contributed by atoms with Crippen molar-refractivity contribution in [1.82, 2.24) is 0 Å². The van der Waals surface area contributed by atoms with Gasteiger partial charge in [-0.3, -0.25) is 0 Å². The number of carbonyl (C=O) groups excluding carboxylic acids is 1. The highest BCUT2D eigenvalue weighted by molar-refractivity contribution is 6.32. The van der Waals surface area contributed by atoms with E-state index in [1.165, 1.54) is 0 Å². The summed E-state index contributed by atoms with van der Waals surface area (Å²) in [5.74, 6) is 0.482. The van der Waals surface area contributed by atoms with Gasteiger partial charge in [-0.1, -0.05) is 41.9 Å². The molecule has 0 aliphatic carbocycles. The molecule has 0 radical (unpaired) electrons. The predicted molar refractivity (Wildman–Crippen MR) is 69.0 cm³/mol. The van der Waals surface area contributed by atoms with Crippen molar-refractivity contribution in [2.75, 3.05) is 6.61 Å². The molecule has 2 rings (SSSR count). The maximum Gasteiger partial charge on any atom is 0.349 e. The first-order valence-electron chi connectivity index (χ1n) is 5.39. The number of ether oxygens (including phenoxy) is 2. The third kappa shape index (κ3) is 3.50. The summed E-state index contributed by atoms with van der Waals surface area (Å²) >= 11 is 5.89. The number of hydrogen-bond donors (Lipinski definition) is 0. The summed E-state index contributed by atoms with van der Waals surface area (Å²) in [7, 11) is 0. The normalized spacial score (nSPS) is 9.83. The summed E-state index contributed by atoms with van der Waals surface area (Å²) < 4.78 is 10.3. The highest BCUT2D eigenvalue weighted by atomic mass is 35.5. The van der Waals surface area contributed by atoms with Gasteiger partial charge < -0.3 is 9.47 Å². The molecule has 2 aromatic carbocycles. The van der Waals surface area contributed by atoms with Gasteiger partial charge in [0.2, 0.25) is 0 Å². The second-order valence-corrected chi connectivity index (χ2v) is 3.91. The molecule has 0 aromatic heterocycles. The van der Waals surface area contributed by atoms with E-state index in [9.17, 15) is 4.79 Å². The SMILES string of the molecule is O=C(COc1ccccc1Cl)Oc1ccccc1. The zero-order valence-electron chi connectivity index (χ0n) is 9.51. The van der Waals surface area contributed by atoms with Crippen LogP contribution in [0.5, 0.6) is 11.5 Å². The molecule has 18 heavy (non-hydrogen) atoms. The number of benzene rings is 2. The largest absolute Gasteiger partial charge is 0.480 e. The van der Waals surface area contributed by atoms with Crippen LogP contribution in [0.25, 0.3) is 0 Å². The number of para-hydroxylation sites is 2. The molecule has 0 amide bonds. The van der Waals surface area contributed by atoms with Gasteiger partial charge in [-0.05, 0) is 24.3 Å². The molecule has 0 saturated heterocycles. The lowest BCUT2D eigenvalue weighted by molar-refractivity contribution is -0.136. The Bertz CT molecular complexity index is 526. The summed E-state index contributed by atoms with van der Waals surface area (Å²) in [4.78, 5) is 11.5. The van der Waals surface area contributed by atoms with Gasteiger partial charge in [-0.25, -0.2) is 4.79 Å². The van der Waals surface area contributed by atoms with Crippen LogP contribution in [0.15, 0.2) is 54.6 Å². The lowest BCUT2D eigenvalue weighted by Gasteiger charge is -2.07. The number of rotatable bonds is 4. The van der Waals surface area contributed by atoms with E-state index >= 15 is 0 Å². The van der Waals surface area contributed by atoms with Gasteiger partial charge in [0.15, 0.2) is 6.61 Å². The molecule has 2 aromatic rings. The van der Waals surface area contributed by atoms with Gasteiger partial charge in [0.25, 0.3) is 0 Å². The average molecular weight is 263 g/mol. The Balaban J connectivity index is 1.88. The molecule has 3 nitrogen and oxygen atoms in total. The Hall–Kier alpha value is -2.00. The molecule has 0 bridgehead atoms. The molecule has 0 heterocycles. The van der Waals surface area contributed by atoms with Crippen molar-refractivity contribution in [3.8, 4) is 11.5 Å². The fourth-order valence-electron chi connectivity index (χ4n) is 1.35. The molecular weight excluding hydrogens is 252 g/mol. The van der Waals surface area contributed by atoms with Gasteiger partial charge in [0.05, 0.1) is 5.02 Å². The first-order valence-corrected chi connectivity index (χ1v) is 5.76. The Morgan fingerprint density at radius 3 is 2.39 bits per heavy atom. The third-order valence-corrected chi connectivity index (χ3v) is 2.47. The second kappa shape index (κ2) is 6.07. The number of hydrogen-bond acceptors (Lipinski definition) is 3. The Morgan fingerprint density at radius 1 is 1.00 bits per heavy atom. The van der Waals surface area contributed by atoms with Crippen molar-refractivity contribution in [3.63, 3.8) is 0 Å². The van der Waals surface area contributed by atoms with Gasteiger partial charge in [0.1, 0.15) is 11.5 Å². The van der Waals surface area contributed by atoms with E-state index in [0.29, 0.717) is 16.5 Å². The zero-order valence-corrected chi connectivity index (χ0v) is 10.3. The van der Waals surface area contributed by atoms with Crippen LogP contribution < -0.4 is 9.47 Å². The van der Waals surface area contributed by atoms with Crippen LogP contribution in [-0.2, 0) is 4.79 Å². The molecule has 0 N–H and O–H groups in total. The van der Waals surface area contributed by atoms with Crippen molar-refractivity contribution in [2.45, 2.75) is 0 Å². The van der Waals surface area contributed by atoms with Crippen molar-refractivity contribution >= 4 is 17.6 Å². The van der Waals surface area contributed by atoms with E-state index in [1.54, 1.807) is 48.5 Å². The van der Waals surface area contributed by atoms with E-state index in [4.69, 9.17) is 21.1 Å². The first-order chi connectivity index (χ1) is 8.75. The minimum Gasteiger partial charge on any atom is -0.480 e. The molecule has 0 aliphatic rings. The maximum absolute atomic E-state index is 11.5. The standard InChI is InChI=1S/C14H11ClO3/c15-12-8-4-5-9-13(12)17-10-14(16)18-11-6-2-1-3-7-11/h1-9H,10H2. The minimum atomic E-state index is -0.471. The van der Waals surface area contributed by atoms with Crippen LogP contribution in [-0.4, -0.2) is 12.6 Å². The van der Waals surface area contributed by atoms with Crippen molar-refractivity contribution in [2.24, 2.45) is 0 Å². The predicted octanol–water partition coefficient (Wildman–Crippen LogP) is 3.32. The van der Waals surface area contributed by atoms with Gasteiger partial charge in [0, 0.05) is 0 Å². The smallest absolute Gasteiger partial charge is 0.349 e. The average Bonchev–Trinajstić information content (AvgIpc) is 2.39. The summed E-state index contributed by atoms with van der Waals surface area (Å²) in [6.07, 6.45) is 0. The van der Waals surface area contributed by atoms with Gasteiger partial charge in [-0.2, -0.15) is 0 Å². The van der Waals surface area contributed by atoms with E-state index in [2.05, 4.69) is 0 Å². The highest BCUT2D eigenvalue weighted by Crippen LogP contribution is 2.23. The van der Waals surface area contributed by atoms with Crippen LogP contribution in [0.2, 0.25) is 5.02 Å². The summed E-state index contributed by atoms with van der Waals surface area (Å²) in [6, 6.07) is 15.8. The quantitative estimate of drug-likeness (QED) is 0.626.